The number of carbonyl (C=O) groups excluding carboxylic acids is 1. The van der Waals surface area contributed by atoms with Gasteiger partial charge in [0.2, 0.25) is 5.91 Å². The molecule has 0 saturated heterocycles. The normalized spacial score (nSPS) is 16.5. The second-order valence-electron chi connectivity index (χ2n) is 6.12. The van der Waals surface area contributed by atoms with Gasteiger partial charge in [-0.25, -0.2) is 0 Å². The van der Waals surface area contributed by atoms with Crippen molar-refractivity contribution in [3.63, 3.8) is 0 Å². The summed E-state index contributed by atoms with van der Waals surface area (Å²) in [5, 5.41) is 3.15. The lowest BCUT2D eigenvalue weighted by Crippen LogP contribution is -2.31. The van der Waals surface area contributed by atoms with Crippen molar-refractivity contribution in [3.05, 3.63) is 65.2 Å². The average molecular weight is 309 g/mol. The predicted molar refractivity (Wildman–Crippen MR) is 91.6 cm³/mol. The summed E-state index contributed by atoms with van der Waals surface area (Å²) in [5.41, 5.74) is 3.83. The van der Waals surface area contributed by atoms with Gasteiger partial charge < -0.3 is 10.1 Å². The first-order valence-electron chi connectivity index (χ1n) is 8.29. The molecule has 120 valence electrons. The smallest absolute Gasteiger partial charge is 0.223 e. The molecular weight excluding hydrogens is 286 g/mol. The Morgan fingerprint density at radius 1 is 1.17 bits per heavy atom. The van der Waals surface area contributed by atoms with Gasteiger partial charge in [-0.3, -0.25) is 4.79 Å². The SMILES string of the molecule is Cc1ccc(OCCC(=O)N[C@H]2CCCc3ccccc32)cc1. The highest BCUT2D eigenvalue weighted by molar-refractivity contribution is 5.76. The van der Waals surface area contributed by atoms with E-state index in [-0.39, 0.29) is 11.9 Å². The van der Waals surface area contributed by atoms with E-state index in [0.717, 1.165) is 25.0 Å². The van der Waals surface area contributed by atoms with Gasteiger partial charge in [-0.1, -0.05) is 42.0 Å². The standard InChI is InChI=1S/C20H23NO2/c1-15-9-11-17(12-10-15)23-14-13-20(22)21-19-8-4-6-16-5-2-3-7-18(16)19/h2-3,5,7,9-12,19H,4,6,8,13-14H2,1H3,(H,21,22)/t19-/m0/s1. The maximum atomic E-state index is 12.2. The largest absolute Gasteiger partial charge is 0.493 e. The van der Waals surface area contributed by atoms with Crippen molar-refractivity contribution in [2.24, 2.45) is 0 Å². The Hall–Kier alpha value is -2.29. The molecule has 1 aliphatic carbocycles. The summed E-state index contributed by atoms with van der Waals surface area (Å²) in [5.74, 6) is 0.866. The van der Waals surface area contributed by atoms with Gasteiger partial charge in [0.25, 0.3) is 0 Å². The lowest BCUT2D eigenvalue weighted by Gasteiger charge is -2.26. The van der Waals surface area contributed by atoms with Crippen molar-refractivity contribution in [2.75, 3.05) is 6.61 Å². The second-order valence-corrected chi connectivity index (χ2v) is 6.12. The Morgan fingerprint density at radius 2 is 1.96 bits per heavy atom. The number of aryl methyl sites for hydroxylation is 2. The van der Waals surface area contributed by atoms with Crippen LogP contribution < -0.4 is 10.1 Å². The third kappa shape index (κ3) is 4.13. The summed E-state index contributed by atoms with van der Waals surface area (Å²) in [6, 6.07) is 16.4. The molecule has 1 atom stereocenters. The van der Waals surface area contributed by atoms with Crippen LogP contribution in [0.3, 0.4) is 0 Å². The summed E-state index contributed by atoms with van der Waals surface area (Å²) in [4.78, 5) is 12.2. The summed E-state index contributed by atoms with van der Waals surface area (Å²) >= 11 is 0. The van der Waals surface area contributed by atoms with E-state index >= 15 is 0 Å². The molecule has 2 aromatic rings. The van der Waals surface area contributed by atoms with E-state index in [0.29, 0.717) is 13.0 Å². The van der Waals surface area contributed by atoms with Gasteiger partial charge in [-0.2, -0.15) is 0 Å². The summed E-state index contributed by atoms with van der Waals surface area (Å²) < 4.78 is 5.63. The van der Waals surface area contributed by atoms with Crippen molar-refractivity contribution in [2.45, 2.75) is 38.6 Å². The first-order valence-corrected chi connectivity index (χ1v) is 8.29. The third-order valence-corrected chi connectivity index (χ3v) is 4.32. The molecule has 0 radical (unpaired) electrons. The van der Waals surface area contributed by atoms with Crippen molar-refractivity contribution in [1.82, 2.24) is 5.32 Å². The van der Waals surface area contributed by atoms with Crippen LogP contribution in [0.1, 0.15) is 42.0 Å². The van der Waals surface area contributed by atoms with E-state index in [1.165, 1.54) is 16.7 Å². The van der Waals surface area contributed by atoms with E-state index < -0.39 is 0 Å². The van der Waals surface area contributed by atoms with Gasteiger partial charge in [0.15, 0.2) is 0 Å². The van der Waals surface area contributed by atoms with Gasteiger partial charge >= 0.3 is 0 Å². The highest BCUT2D eigenvalue weighted by Crippen LogP contribution is 2.29. The zero-order valence-corrected chi connectivity index (χ0v) is 13.5. The molecular formula is C20H23NO2. The Bertz CT molecular complexity index is 664. The third-order valence-electron chi connectivity index (χ3n) is 4.32. The number of fused-ring (bicyclic) bond motifs is 1. The van der Waals surface area contributed by atoms with Gasteiger partial charge in [-0.15, -0.1) is 0 Å². The number of benzene rings is 2. The Labute approximate surface area is 137 Å². The highest BCUT2D eigenvalue weighted by atomic mass is 16.5. The Balaban J connectivity index is 1.49. The molecule has 1 amide bonds. The number of carbonyl (C=O) groups is 1. The van der Waals surface area contributed by atoms with Crippen LogP contribution in [0.15, 0.2) is 48.5 Å². The second kappa shape index (κ2) is 7.32. The molecule has 2 aromatic carbocycles. The lowest BCUT2D eigenvalue weighted by atomic mass is 9.88. The fourth-order valence-corrected chi connectivity index (χ4v) is 3.07. The molecule has 0 unspecified atom stereocenters. The molecule has 23 heavy (non-hydrogen) atoms. The minimum Gasteiger partial charge on any atom is -0.493 e. The number of hydrogen-bond donors (Lipinski definition) is 1. The fraction of sp³-hybridized carbons (Fsp3) is 0.350. The summed E-state index contributed by atoms with van der Waals surface area (Å²) in [6.45, 7) is 2.45. The van der Waals surface area contributed by atoms with Crippen molar-refractivity contribution in [3.8, 4) is 5.75 Å². The van der Waals surface area contributed by atoms with Crippen molar-refractivity contribution in [1.29, 1.82) is 0 Å². The lowest BCUT2D eigenvalue weighted by molar-refractivity contribution is -0.122. The van der Waals surface area contributed by atoms with Gasteiger partial charge in [-0.05, 0) is 49.4 Å². The van der Waals surface area contributed by atoms with Crippen LogP contribution in [0, 0.1) is 6.92 Å². The fourth-order valence-electron chi connectivity index (χ4n) is 3.07. The molecule has 3 nitrogen and oxygen atoms in total. The predicted octanol–water partition coefficient (Wildman–Crippen LogP) is 3.96. The molecule has 0 fully saturated rings. The van der Waals surface area contributed by atoms with E-state index in [2.05, 4.69) is 23.5 Å². The molecule has 0 spiro atoms. The highest BCUT2D eigenvalue weighted by Gasteiger charge is 2.21. The summed E-state index contributed by atoms with van der Waals surface area (Å²) in [6.07, 6.45) is 3.63. The molecule has 3 heteroatoms. The summed E-state index contributed by atoms with van der Waals surface area (Å²) in [7, 11) is 0. The van der Waals surface area contributed by atoms with E-state index in [4.69, 9.17) is 4.74 Å². The number of rotatable bonds is 5. The molecule has 1 N–H and O–H groups in total. The minimum atomic E-state index is 0.0545. The molecule has 0 heterocycles. The molecule has 3 rings (SSSR count). The van der Waals surface area contributed by atoms with E-state index in [1.54, 1.807) is 0 Å². The zero-order chi connectivity index (χ0) is 16.1. The quantitative estimate of drug-likeness (QED) is 0.908. The van der Waals surface area contributed by atoms with Crippen molar-refractivity contribution >= 4 is 5.91 Å². The van der Waals surface area contributed by atoms with Crippen LogP contribution in [0.2, 0.25) is 0 Å². The molecule has 1 aliphatic rings. The number of amides is 1. The van der Waals surface area contributed by atoms with Crippen LogP contribution in [0.4, 0.5) is 0 Å². The maximum Gasteiger partial charge on any atom is 0.223 e. The van der Waals surface area contributed by atoms with Crippen LogP contribution in [0.5, 0.6) is 5.75 Å². The minimum absolute atomic E-state index is 0.0545. The van der Waals surface area contributed by atoms with Gasteiger partial charge in [0, 0.05) is 0 Å². The van der Waals surface area contributed by atoms with Crippen LogP contribution >= 0.6 is 0 Å². The molecule has 0 aromatic heterocycles. The number of hydrogen-bond acceptors (Lipinski definition) is 2. The monoisotopic (exact) mass is 309 g/mol. The van der Waals surface area contributed by atoms with Crippen LogP contribution in [-0.2, 0) is 11.2 Å². The van der Waals surface area contributed by atoms with Gasteiger partial charge in [0.05, 0.1) is 19.1 Å². The van der Waals surface area contributed by atoms with Gasteiger partial charge in [0.1, 0.15) is 5.75 Å². The number of ether oxygens (including phenoxy) is 1. The Morgan fingerprint density at radius 3 is 2.78 bits per heavy atom. The topological polar surface area (TPSA) is 38.3 Å². The maximum absolute atomic E-state index is 12.2. The number of nitrogens with one attached hydrogen (secondary N) is 1. The average Bonchev–Trinajstić information content (AvgIpc) is 2.57. The van der Waals surface area contributed by atoms with Crippen LogP contribution in [0.25, 0.3) is 0 Å². The molecule has 0 aliphatic heterocycles. The first kappa shape index (κ1) is 15.6. The Kier molecular flexibility index (Phi) is 4.96. The zero-order valence-electron chi connectivity index (χ0n) is 13.5. The van der Waals surface area contributed by atoms with Crippen LogP contribution in [-0.4, -0.2) is 12.5 Å². The van der Waals surface area contributed by atoms with Crippen molar-refractivity contribution < 1.29 is 9.53 Å². The first-order chi connectivity index (χ1) is 11.2. The van der Waals surface area contributed by atoms with E-state index in [1.807, 2.05) is 37.3 Å². The molecule has 0 bridgehead atoms. The van der Waals surface area contributed by atoms with E-state index in [9.17, 15) is 4.79 Å². The molecule has 0 saturated carbocycles.